The van der Waals surface area contributed by atoms with Crippen molar-refractivity contribution in [3.8, 4) is 67.8 Å². The number of hydrogen-bond acceptors (Lipinski definition) is 4. The average molecular weight is 1510 g/mol. The second kappa shape index (κ2) is 26.8. The Morgan fingerprint density at radius 3 is 1.51 bits per heavy atom. The van der Waals surface area contributed by atoms with E-state index in [-0.39, 0.29) is 146 Å². The molecular weight excluding hydrogens is 1410 g/mol. The molecule has 0 fully saturated rings. The molecule has 6 heterocycles. The van der Waals surface area contributed by atoms with E-state index in [4.69, 9.17) is 9.47 Å². The SMILES string of the molecule is [2H]c1c([2H])c(-n2c3ccccc3c3ccccc32)c([2H])c2c1B1c3c([2H])c([2H])c(-n4c5ccccc5c5ccccc54)c([2H])c3Oc3c1c(c([2H])c1c3B3c4c(cc(C(C)(C)C)cc4N(C4C(C5CC=CCC5)=CC(C(C)(C)C)CC4C4=CCCCC4)c4c([2H])c([2H])c(-c5ccccc5)c([2H])c43)N1c1c(-c3ccccc3)cc(C(C)(C)C)cc1-c1ccccc1)O2. The zero-order chi connectivity index (χ0) is 86.9. The molecule has 0 radical (unpaired) electrons. The second-order valence-corrected chi connectivity index (χ2v) is 36.3. The Balaban J connectivity index is 0.959. The maximum absolute atomic E-state index is 12.2. The summed E-state index contributed by atoms with van der Waals surface area (Å²) in [5, 5.41) is 3.48. The molecular formula is C108H96B2N4O2. The quantitative estimate of drug-likeness (QED) is 0.107. The molecule has 8 heteroatoms. The molecule has 4 unspecified atom stereocenters. The predicted octanol–water partition coefficient (Wildman–Crippen LogP) is 24.8. The Kier molecular flexibility index (Phi) is 14.0. The molecule has 15 aromatic rings. The van der Waals surface area contributed by atoms with Gasteiger partial charge in [-0.05, 0) is 212 Å². The van der Waals surface area contributed by atoms with E-state index in [1.165, 1.54) is 11.1 Å². The van der Waals surface area contributed by atoms with Gasteiger partial charge in [-0.1, -0.05) is 280 Å². The third-order valence-corrected chi connectivity index (χ3v) is 26.3. The molecule has 22 rings (SSSR count). The van der Waals surface area contributed by atoms with Crippen molar-refractivity contribution in [2.24, 2.45) is 23.2 Å². The summed E-state index contributed by atoms with van der Waals surface area (Å²) >= 11 is 0. The summed E-state index contributed by atoms with van der Waals surface area (Å²) in [4.78, 5) is 4.77. The van der Waals surface area contributed by atoms with Crippen molar-refractivity contribution in [1.29, 1.82) is 0 Å². The van der Waals surface area contributed by atoms with E-state index in [2.05, 4.69) is 169 Å². The van der Waals surface area contributed by atoms with Gasteiger partial charge in [-0.25, -0.2) is 0 Å². The van der Waals surface area contributed by atoms with Gasteiger partial charge in [0.2, 0.25) is 0 Å². The van der Waals surface area contributed by atoms with Gasteiger partial charge in [-0.2, -0.15) is 0 Å². The van der Waals surface area contributed by atoms with Gasteiger partial charge in [0.05, 0.1) is 47.5 Å². The smallest absolute Gasteiger partial charge is 0.260 e. The topological polar surface area (TPSA) is 34.8 Å². The summed E-state index contributed by atoms with van der Waals surface area (Å²) in [6.07, 6.45) is 17.2. The van der Waals surface area contributed by atoms with Crippen molar-refractivity contribution in [3.05, 3.63) is 319 Å². The fraction of sp³-hybridized carbons (Fsp3) is 0.222. The first-order chi connectivity index (χ1) is 60.7. The maximum Gasteiger partial charge on any atom is 0.260 e. The van der Waals surface area contributed by atoms with Crippen LogP contribution in [-0.4, -0.2) is 28.6 Å². The van der Waals surface area contributed by atoms with Crippen LogP contribution in [0.15, 0.2) is 308 Å². The van der Waals surface area contributed by atoms with Crippen molar-refractivity contribution < 1.29 is 23.2 Å². The third-order valence-electron chi connectivity index (χ3n) is 26.3. The minimum Gasteiger partial charge on any atom is -0.459 e. The van der Waals surface area contributed by atoms with Gasteiger partial charge in [0.15, 0.2) is 0 Å². The Morgan fingerprint density at radius 1 is 0.440 bits per heavy atom. The minimum atomic E-state index is -1.45. The number of nitrogens with zero attached hydrogens (tertiary/aromatic N) is 4. The van der Waals surface area contributed by atoms with Gasteiger partial charge in [-0.3, -0.25) is 0 Å². The van der Waals surface area contributed by atoms with Gasteiger partial charge in [0, 0.05) is 96.3 Å². The predicted molar refractivity (Wildman–Crippen MR) is 490 cm³/mol. The van der Waals surface area contributed by atoms with Crippen molar-refractivity contribution in [2.75, 3.05) is 9.80 Å². The lowest BCUT2D eigenvalue weighted by molar-refractivity contribution is 0.220. The van der Waals surface area contributed by atoms with Crippen LogP contribution in [0.25, 0.3) is 88.4 Å². The molecule has 4 atom stereocenters. The van der Waals surface area contributed by atoms with Crippen LogP contribution in [0.2, 0.25) is 0 Å². The lowest BCUT2D eigenvalue weighted by Crippen LogP contribution is -2.66. The van der Waals surface area contributed by atoms with Crippen LogP contribution in [0.4, 0.5) is 28.4 Å². The first-order valence-electron chi connectivity index (χ1n) is 46.8. The maximum atomic E-state index is 12.2. The first kappa shape index (κ1) is 60.5. The van der Waals surface area contributed by atoms with Crippen LogP contribution in [0.3, 0.4) is 0 Å². The fourth-order valence-corrected chi connectivity index (χ4v) is 20.5. The zero-order valence-electron chi connectivity index (χ0n) is 77.2. The molecule has 0 N–H and O–H groups in total. The summed E-state index contributed by atoms with van der Waals surface area (Å²) in [7, 11) is 0. The largest absolute Gasteiger partial charge is 0.459 e. The number of fused-ring (bicyclic) bond motifs is 15. The lowest BCUT2D eigenvalue weighted by Gasteiger charge is -2.53. The fourth-order valence-electron chi connectivity index (χ4n) is 20.5. The zero-order valence-corrected chi connectivity index (χ0v) is 67.2. The number of benzene rings is 13. The van der Waals surface area contributed by atoms with Crippen LogP contribution in [0.1, 0.15) is 139 Å². The van der Waals surface area contributed by atoms with E-state index in [1.807, 2.05) is 149 Å². The number of aromatic nitrogens is 2. The molecule has 4 aliphatic heterocycles. The molecule has 0 saturated heterocycles. The van der Waals surface area contributed by atoms with E-state index in [0.717, 1.165) is 117 Å². The molecule has 3 aliphatic carbocycles. The molecule has 116 heavy (non-hydrogen) atoms. The van der Waals surface area contributed by atoms with E-state index < -0.39 is 30.3 Å². The summed E-state index contributed by atoms with van der Waals surface area (Å²) < 4.78 is 132. The van der Waals surface area contributed by atoms with Crippen molar-refractivity contribution in [1.82, 2.24) is 9.13 Å². The Hall–Kier alpha value is -12.0. The van der Waals surface area contributed by atoms with Crippen molar-refractivity contribution in [2.45, 2.75) is 131 Å². The second-order valence-electron chi connectivity index (χ2n) is 36.3. The van der Waals surface area contributed by atoms with Gasteiger partial charge in [0.1, 0.15) is 23.0 Å². The molecule has 13 aromatic carbocycles. The van der Waals surface area contributed by atoms with Gasteiger partial charge in [-0.15, -0.1) is 0 Å². The van der Waals surface area contributed by atoms with Gasteiger partial charge < -0.3 is 28.4 Å². The van der Waals surface area contributed by atoms with Crippen LogP contribution < -0.4 is 52.1 Å². The van der Waals surface area contributed by atoms with Crippen LogP contribution >= 0.6 is 0 Å². The lowest BCUT2D eigenvalue weighted by atomic mass is 9.30. The number of allylic oxidation sites excluding steroid dienone is 4. The summed E-state index contributed by atoms with van der Waals surface area (Å²) in [6, 6.07) is 68.8. The van der Waals surface area contributed by atoms with Gasteiger partial charge >= 0.3 is 0 Å². The Bertz CT molecular complexity index is 7110. The van der Waals surface area contributed by atoms with E-state index >= 15 is 0 Å². The highest BCUT2D eigenvalue weighted by molar-refractivity contribution is 7.03. The highest BCUT2D eigenvalue weighted by Gasteiger charge is 2.54. The minimum absolute atomic E-state index is 0.0205. The molecule has 0 saturated carbocycles. The number of para-hydroxylation sites is 4. The number of hydrogen-bond donors (Lipinski definition) is 0. The standard InChI is InChI=1S/C108H96B2N4O2/c1-106(2,3)73-58-82(68-35-17-11-18-36-68)103(83(59-73)69-37-19-12-20-38-69)113-93-56-51-72(67-33-15-10-16-34-67)57-88(93)110-100-94(113)62-75(108(7,8)9)63-95(100)114(104-84(70-39-21-13-22-40-70)60-74(107(4,5)6)61-85(104)71-41-23-14-24-42-71)96-66-99-102-105(101(96)110)116-98-65-77(112-91-49-31-27-45-80(91)81-46-28-32-50-92(81)112)53-55-87(98)109(102)86-54-52-76(64-97(86)115-99)111-89-47-29-25-43-78(89)79-44-26-30-48-90(79)111/h10-11,13-17,21-34,37,39-58,60-66,68,73,83,103H,12,18-20,35-36,38,59H2,1-9H3/i51D,52D,53D,54D,55D,56D,57D,64D,65D,66D. The molecule has 0 amide bonds. The Morgan fingerprint density at radius 2 is 0.974 bits per heavy atom. The number of ether oxygens (including phenoxy) is 2. The van der Waals surface area contributed by atoms with Crippen LogP contribution in [-0.2, 0) is 10.8 Å². The number of rotatable bonds is 9. The first-order valence-corrected chi connectivity index (χ1v) is 41.8. The summed E-state index contributed by atoms with van der Waals surface area (Å²) in [6.45, 7) is 18.0. The normalized spacial score (nSPS) is 19.3. The average Bonchev–Trinajstić information content (AvgIpc) is 0.703. The van der Waals surface area contributed by atoms with Gasteiger partial charge in [0.25, 0.3) is 13.4 Å². The summed E-state index contributed by atoms with van der Waals surface area (Å²) in [5.74, 6) is -0.0559. The van der Waals surface area contributed by atoms with E-state index in [0.29, 0.717) is 55.6 Å². The number of anilines is 5. The summed E-state index contributed by atoms with van der Waals surface area (Å²) in [5.41, 5.74) is 15.4. The molecule has 566 valence electrons. The molecule has 2 aromatic heterocycles. The highest BCUT2D eigenvalue weighted by Crippen LogP contribution is 2.57. The van der Waals surface area contributed by atoms with E-state index in [9.17, 15) is 13.7 Å². The third kappa shape index (κ3) is 11.2. The van der Waals surface area contributed by atoms with Crippen LogP contribution in [0.5, 0.6) is 23.0 Å². The molecule has 7 aliphatic rings. The van der Waals surface area contributed by atoms with Crippen LogP contribution in [0, 0.1) is 23.2 Å². The highest BCUT2D eigenvalue weighted by atomic mass is 16.5. The molecule has 0 bridgehead atoms. The molecule has 6 nitrogen and oxygen atoms in total. The van der Waals surface area contributed by atoms with Crippen molar-refractivity contribution in [3.63, 3.8) is 0 Å². The molecule has 0 spiro atoms. The van der Waals surface area contributed by atoms with E-state index in [1.54, 1.807) is 0 Å². The van der Waals surface area contributed by atoms with Crippen molar-refractivity contribution >= 4 is 118 Å². The monoisotopic (exact) mass is 1510 g/mol. The Labute approximate surface area is 697 Å².